The minimum atomic E-state index is 0.577. The summed E-state index contributed by atoms with van der Waals surface area (Å²) < 4.78 is 0. The summed E-state index contributed by atoms with van der Waals surface area (Å²) in [4.78, 5) is 5.46. The van der Waals surface area contributed by atoms with Crippen molar-refractivity contribution in [2.75, 3.05) is 6.54 Å². The topological polar surface area (TPSA) is 21.3 Å². The van der Waals surface area contributed by atoms with E-state index in [1.807, 2.05) is 30.3 Å². The minimum Gasteiger partial charge on any atom is -0.409 e. The largest absolute Gasteiger partial charge is 0.409 e. The van der Waals surface area contributed by atoms with Gasteiger partial charge in [0.25, 0.3) is 0 Å². The van der Waals surface area contributed by atoms with E-state index in [1.54, 1.807) is 0 Å². The Morgan fingerprint density at radius 3 is 2.11 bits per heavy atom. The Bertz CT molecular complexity index is 462. The lowest BCUT2D eigenvalue weighted by Crippen LogP contribution is -2.23. The van der Waals surface area contributed by atoms with Gasteiger partial charge in [-0.15, -0.1) is 0 Å². The van der Waals surface area contributed by atoms with Crippen molar-refractivity contribution in [3.8, 4) is 16.9 Å². The zero-order chi connectivity index (χ0) is 12.8. The van der Waals surface area contributed by atoms with E-state index in [-0.39, 0.29) is 0 Å². The highest BCUT2D eigenvalue weighted by Gasteiger charge is 1.98. The lowest BCUT2D eigenvalue weighted by molar-refractivity contribution is 0.183. The molecule has 2 heteroatoms. The smallest absolute Gasteiger partial charge is 0.147 e. The predicted molar refractivity (Wildman–Crippen MR) is 75.3 cm³/mol. The molecular weight excluding hydrogens is 222 g/mol. The van der Waals surface area contributed by atoms with Crippen LogP contribution in [0.15, 0.2) is 54.6 Å². The van der Waals surface area contributed by atoms with Crippen LogP contribution in [0.5, 0.6) is 5.75 Å². The number of hydrogen-bond donors (Lipinski definition) is 1. The average Bonchev–Trinajstić information content (AvgIpc) is 2.40. The molecule has 0 bridgehead atoms. The van der Waals surface area contributed by atoms with Crippen LogP contribution in [0.1, 0.15) is 13.8 Å². The molecule has 2 nitrogen and oxygen atoms in total. The quantitative estimate of drug-likeness (QED) is 0.802. The maximum absolute atomic E-state index is 5.46. The molecular formula is C16H19NO. The summed E-state index contributed by atoms with van der Waals surface area (Å²) in [5, 5.41) is 0. The van der Waals surface area contributed by atoms with Crippen LogP contribution in [0.4, 0.5) is 0 Å². The first-order valence-electron chi connectivity index (χ1n) is 6.31. The van der Waals surface area contributed by atoms with E-state index in [4.69, 9.17) is 4.84 Å². The summed E-state index contributed by atoms with van der Waals surface area (Å²) in [5.41, 5.74) is 5.38. The molecule has 0 aromatic heterocycles. The zero-order valence-electron chi connectivity index (χ0n) is 10.9. The van der Waals surface area contributed by atoms with Gasteiger partial charge < -0.3 is 4.84 Å². The molecule has 94 valence electrons. The summed E-state index contributed by atoms with van der Waals surface area (Å²) in [7, 11) is 0. The molecule has 2 rings (SSSR count). The molecule has 2 aromatic carbocycles. The van der Waals surface area contributed by atoms with Gasteiger partial charge in [-0.1, -0.05) is 56.3 Å². The molecule has 0 heterocycles. The van der Waals surface area contributed by atoms with Gasteiger partial charge in [-0.2, -0.15) is 5.48 Å². The van der Waals surface area contributed by atoms with Crippen molar-refractivity contribution < 1.29 is 4.84 Å². The van der Waals surface area contributed by atoms with Gasteiger partial charge in [-0.05, 0) is 29.2 Å². The minimum absolute atomic E-state index is 0.577. The van der Waals surface area contributed by atoms with Crippen molar-refractivity contribution in [1.82, 2.24) is 5.48 Å². The molecule has 0 saturated carbocycles. The summed E-state index contributed by atoms with van der Waals surface area (Å²) in [6, 6.07) is 18.4. The Morgan fingerprint density at radius 2 is 1.50 bits per heavy atom. The van der Waals surface area contributed by atoms with E-state index < -0.39 is 0 Å². The second kappa shape index (κ2) is 6.22. The third-order valence-electron chi connectivity index (χ3n) is 2.64. The van der Waals surface area contributed by atoms with Gasteiger partial charge in [0.15, 0.2) is 0 Å². The SMILES string of the molecule is CC(C)CNOc1ccc(-c2ccccc2)cc1. The number of hydrogen-bond acceptors (Lipinski definition) is 2. The fourth-order valence-electron chi connectivity index (χ4n) is 1.64. The van der Waals surface area contributed by atoms with E-state index in [0.29, 0.717) is 5.92 Å². The van der Waals surface area contributed by atoms with Gasteiger partial charge in [0.2, 0.25) is 0 Å². The first-order valence-corrected chi connectivity index (χ1v) is 6.31. The lowest BCUT2D eigenvalue weighted by atomic mass is 10.1. The van der Waals surface area contributed by atoms with E-state index in [1.165, 1.54) is 11.1 Å². The maximum atomic E-state index is 5.46. The van der Waals surface area contributed by atoms with Gasteiger partial charge in [0, 0.05) is 6.54 Å². The van der Waals surface area contributed by atoms with Crippen LogP contribution in [0.3, 0.4) is 0 Å². The van der Waals surface area contributed by atoms with Gasteiger partial charge in [-0.25, -0.2) is 0 Å². The van der Waals surface area contributed by atoms with Crippen molar-refractivity contribution in [3.63, 3.8) is 0 Å². The van der Waals surface area contributed by atoms with Crippen LogP contribution >= 0.6 is 0 Å². The Hall–Kier alpha value is -1.80. The van der Waals surface area contributed by atoms with Crippen molar-refractivity contribution in [2.24, 2.45) is 5.92 Å². The molecule has 0 aliphatic rings. The highest BCUT2D eigenvalue weighted by atomic mass is 16.6. The summed E-state index contributed by atoms with van der Waals surface area (Å²) >= 11 is 0. The highest BCUT2D eigenvalue weighted by molar-refractivity contribution is 5.63. The number of nitrogens with one attached hydrogen (secondary N) is 1. The standard InChI is InChI=1S/C16H19NO/c1-13(2)12-17-18-16-10-8-15(9-11-16)14-6-4-3-5-7-14/h3-11,13,17H,12H2,1-2H3. The highest BCUT2D eigenvalue weighted by Crippen LogP contribution is 2.21. The summed E-state index contributed by atoms with van der Waals surface area (Å²) in [6.07, 6.45) is 0. The fourth-order valence-corrected chi connectivity index (χ4v) is 1.64. The Kier molecular flexibility index (Phi) is 4.37. The Morgan fingerprint density at radius 1 is 0.889 bits per heavy atom. The summed E-state index contributed by atoms with van der Waals surface area (Å²) in [5.74, 6) is 1.42. The average molecular weight is 241 g/mol. The molecule has 0 aliphatic carbocycles. The third-order valence-corrected chi connectivity index (χ3v) is 2.64. The molecule has 1 N–H and O–H groups in total. The van der Waals surface area contributed by atoms with E-state index in [9.17, 15) is 0 Å². The van der Waals surface area contributed by atoms with Crippen molar-refractivity contribution in [3.05, 3.63) is 54.6 Å². The molecule has 0 fully saturated rings. The van der Waals surface area contributed by atoms with E-state index in [2.05, 4.69) is 43.6 Å². The van der Waals surface area contributed by atoms with Crippen LogP contribution < -0.4 is 10.3 Å². The number of benzene rings is 2. The molecule has 0 radical (unpaired) electrons. The van der Waals surface area contributed by atoms with Crippen molar-refractivity contribution in [2.45, 2.75) is 13.8 Å². The van der Waals surface area contributed by atoms with Gasteiger partial charge in [-0.3, -0.25) is 0 Å². The third kappa shape index (κ3) is 3.60. The molecule has 0 aliphatic heterocycles. The van der Waals surface area contributed by atoms with Crippen LogP contribution in [0.2, 0.25) is 0 Å². The molecule has 2 aromatic rings. The summed E-state index contributed by atoms with van der Waals surface area (Å²) in [6.45, 7) is 5.14. The van der Waals surface area contributed by atoms with Crippen LogP contribution in [-0.4, -0.2) is 6.54 Å². The molecule has 18 heavy (non-hydrogen) atoms. The molecule has 0 atom stereocenters. The maximum Gasteiger partial charge on any atom is 0.147 e. The van der Waals surface area contributed by atoms with E-state index in [0.717, 1.165) is 12.3 Å². The fraction of sp³-hybridized carbons (Fsp3) is 0.250. The van der Waals surface area contributed by atoms with Gasteiger partial charge >= 0.3 is 0 Å². The predicted octanol–water partition coefficient (Wildman–Crippen LogP) is 3.89. The van der Waals surface area contributed by atoms with E-state index >= 15 is 0 Å². The Labute approximate surface area is 109 Å². The van der Waals surface area contributed by atoms with Gasteiger partial charge in [0.1, 0.15) is 5.75 Å². The second-order valence-electron chi connectivity index (χ2n) is 4.73. The first kappa shape index (κ1) is 12.7. The molecule has 0 unspecified atom stereocenters. The normalized spacial score (nSPS) is 10.6. The van der Waals surface area contributed by atoms with Crippen molar-refractivity contribution in [1.29, 1.82) is 0 Å². The Balaban J connectivity index is 1.98. The monoisotopic (exact) mass is 241 g/mol. The zero-order valence-corrected chi connectivity index (χ0v) is 10.9. The first-order chi connectivity index (χ1) is 8.75. The molecule has 0 spiro atoms. The molecule has 0 amide bonds. The number of hydroxylamine groups is 1. The van der Waals surface area contributed by atoms with Crippen molar-refractivity contribution >= 4 is 0 Å². The second-order valence-corrected chi connectivity index (χ2v) is 4.73. The molecule has 0 saturated heterocycles. The van der Waals surface area contributed by atoms with Gasteiger partial charge in [0.05, 0.1) is 0 Å². The van der Waals surface area contributed by atoms with Crippen LogP contribution in [0, 0.1) is 5.92 Å². The lowest BCUT2D eigenvalue weighted by Gasteiger charge is -2.09. The van der Waals surface area contributed by atoms with Crippen LogP contribution in [-0.2, 0) is 0 Å². The number of rotatable bonds is 5. The van der Waals surface area contributed by atoms with Crippen LogP contribution in [0.25, 0.3) is 11.1 Å².